The number of aliphatic hydroxyl groups is 1. The van der Waals surface area contributed by atoms with Gasteiger partial charge in [-0.2, -0.15) is 0 Å². The quantitative estimate of drug-likeness (QED) is 0.715. The second-order valence-electron chi connectivity index (χ2n) is 5.54. The van der Waals surface area contributed by atoms with Crippen LogP contribution in [-0.4, -0.2) is 48.8 Å². The molecule has 19 heavy (non-hydrogen) atoms. The summed E-state index contributed by atoms with van der Waals surface area (Å²) in [6, 6.07) is 10.6. The number of hydrogen-bond acceptors (Lipinski definition) is 3. The minimum absolute atomic E-state index is 0.157. The largest absolute Gasteiger partial charge is 0.394 e. The zero-order valence-corrected chi connectivity index (χ0v) is 12.5. The van der Waals surface area contributed by atoms with Crippen LogP contribution in [0.2, 0.25) is 0 Å². The molecule has 1 rings (SSSR count). The fourth-order valence-electron chi connectivity index (χ4n) is 2.16. The van der Waals surface area contributed by atoms with Crippen LogP contribution < -0.4 is 5.32 Å². The normalized spacial score (nSPS) is 14.6. The summed E-state index contributed by atoms with van der Waals surface area (Å²) in [7, 11) is 2.15. The molecule has 0 saturated carbocycles. The van der Waals surface area contributed by atoms with Gasteiger partial charge in [-0.3, -0.25) is 0 Å². The van der Waals surface area contributed by atoms with E-state index in [1.807, 2.05) is 0 Å². The summed E-state index contributed by atoms with van der Waals surface area (Å²) in [5, 5.41) is 12.8. The van der Waals surface area contributed by atoms with Gasteiger partial charge in [-0.15, -0.1) is 0 Å². The van der Waals surface area contributed by atoms with Crippen LogP contribution in [-0.2, 0) is 6.42 Å². The van der Waals surface area contributed by atoms with E-state index < -0.39 is 0 Å². The first kappa shape index (κ1) is 16.2. The van der Waals surface area contributed by atoms with Gasteiger partial charge in [0.05, 0.1) is 6.61 Å². The third kappa shape index (κ3) is 6.19. The van der Waals surface area contributed by atoms with Crippen molar-refractivity contribution in [1.82, 2.24) is 10.2 Å². The number of nitrogens with one attached hydrogen (secondary N) is 1. The Kier molecular flexibility index (Phi) is 7.06. The van der Waals surface area contributed by atoms with Crippen LogP contribution in [0.15, 0.2) is 30.3 Å². The fraction of sp³-hybridized carbons (Fsp3) is 0.625. The number of hydrogen-bond donors (Lipinski definition) is 2. The molecule has 0 aliphatic carbocycles. The van der Waals surface area contributed by atoms with Crippen LogP contribution in [0.25, 0.3) is 0 Å². The Labute approximate surface area is 117 Å². The van der Waals surface area contributed by atoms with Crippen molar-refractivity contribution in [1.29, 1.82) is 0 Å². The summed E-state index contributed by atoms with van der Waals surface area (Å²) in [4.78, 5) is 2.33. The lowest BCUT2D eigenvalue weighted by Crippen LogP contribution is -2.47. The monoisotopic (exact) mass is 264 g/mol. The molecule has 1 aromatic carbocycles. The summed E-state index contributed by atoms with van der Waals surface area (Å²) in [5.41, 5.74) is 1.22. The van der Waals surface area contributed by atoms with Crippen LogP contribution in [0.3, 0.4) is 0 Å². The van der Waals surface area contributed by atoms with Crippen molar-refractivity contribution in [3.05, 3.63) is 35.9 Å². The van der Waals surface area contributed by atoms with Crippen LogP contribution in [0.1, 0.15) is 25.8 Å². The van der Waals surface area contributed by atoms with Gasteiger partial charge < -0.3 is 15.3 Å². The smallest absolute Gasteiger partial charge is 0.0611 e. The molecule has 0 amide bonds. The Morgan fingerprint density at radius 2 is 1.89 bits per heavy atom. The lowest BCUT2D eigenvalue weighted by molar-refractivity contribution is 0.153. The van der Waals surface area contributed by atoms with E-state index >= 15 is 0 Å². The molecule has 108 valence electrons. The van der Waals surface area contributed by atoms with Crippen LogP contribution >= 0.6 is 0 Å². The van der Waals surface area contributed by atoms with Gasteiger partial charge in [-0.1, -0.05) is 37.3 Å². The third-order valence-corrected chi connectivity index (χ3v) is 3.62. The van der Waals surface area contributed by atoms with Crippen LogP contribution in [0.4, 0.5) is 0 Å². The number of likely N-dealkylation sites (N-methyl/N-ethyl adjacent to an activating group) is 2. The highest BCUT2D eigenvalue weighted by atomic mass is 16.3. The minimum atomic E-state index is -0.157. The van der Waals surface area contributed by atoms with Gasteiger partial charge in [-0.05, 0) is 45.5 Å². The Morgan fingerprint density at radius 3 is 2.47 bits per heavy atom. The lowest BCUT2D eigenvalue weighted by Gasteiger charge is -2.30. The maximum atomic E-state index is 9.46. The van der Waals surface area contributed by atoms with Crippen molar-refractivity contribution in [3.8, 4) is 0 Å². The first-order valence-electron chi connectivity index (χ1n) is 7.18. The molecule has 0 aliphatic rings. The zero-order valence-electron chi connectivity index (χ0n) is 12.5. The number of aliphatic hydroxyl groups excluding tert-OH is 1. The molecular formula is C16H28N2O. The lowest BCUT2D eigenvalue weighted by atomic mass is 9.98. The Morgan fingerprint density at radius 1 is 1.21 bits per heavy atom. The van der Waals surface area contributed by atoms with Gasteiger partial charge >= 0.3 is 0 Å². The molecule has 0 bridgehead atoms. The van der Waals surface area contributed by atoms with Gasteiger partial charge in [0.2, 0.25) is 0 Å². The van der Waals surface area contributed by atoms with E-state index in [4.69, 9.17) is 0 Å². The molecule has 0 spiro atoms. The first-order valence-corrected chi connectivity index (χ1v) is 7.18. The van der Waals surface area contributed by atoms with Gasteiger partial charge in [-0.25, -0.2) is 0 Å². The molecular weight excluding hydrogens is 236 g/mol. The molecule has 3 nitrogen and oxygen atoms in total. The van der Waals surface area contributed by atoms with Crippen molar-refractivity contribution >= 4 is 0 Å². The molecule has 0 aliphatic heterocycles. The topological polar surface area (TPSA) is 35.5 Å². The van der Waals surface area contributed by atoms with Crippen molar-refractivity contribution in [2.75, 3.05) is 33.3 Å². The predicted octanol–water partition coefficient (Wildman–Crippen LogP) is 1.91. The summed E-state index contributed by atoms with van der Waals surface area (Å²) >= 11 is 0. The minimum Gasteiger partial charge on any atom is -0.394 e. The van der Waals surface area contributed by atoms with E-state index in [9.17, 15) is 5.11 Å². The SMILES string of the molecule is CCNC(C)(CO)CCN(C)CCc1ccccc1. The number of benzene rings is 1. The van der Waals surface area contributed by atoms with E-state index in [2.05, 4.69) is 61.4 Å². The maximum Gasteiger partial charge on any atom is 0.0611 e. The molecule has 2 N–H and O–H groups in total. The highest BCUT2D eigenvalue weighted by molar-refractivity contribution is 5.14. The summed E-state index contributed by atoms with van der Waals surface area (Å²) in [5.74, 6) is 0. The second kappa shape index (κ2) is 8.31. The zero-order chi connectivity index (χ0) is 14.1. The molecule has 1 atom stereocenters. The maximum absolute atomic E-state index is 9.46. The van der Waals surface area contributed by atoms with Gasteiger partial charge in [0, 0.05) is 12.1 Å². The molecule has 0 saturated heterocycles. The van der Waals surface area contributed by atoms with Gasteiger partial charge in [0.15, 0.2) is 0 Å². The molecule has 0 radical (unpaired) electrons. The number of rotatable bonds is 9. The average molecular weight is 264 g/mol. The van der Waals surface area contributed by atoms with Crippen LogP contribution in [0, 0.1) is 0 Å². The summed E-state index contributed by atoms with van der Waals surface area (Å²) in [6.07, 6.45) is 2.04. The fourth-order valence-corrected chi connectivity index (χ4v) is 2.16. The van der Waals surface area contributed by atoms with E-state index in [0.717, 1.165) is 32.5 Å². The average Bonchev–Trinajstić information content (AvgIpc) is 2.44. The Hall–Kier alpha value is -0.900. The first-order chi connectivity index (χ1) is 9.09. The molecule has 0 aromatic heterocycles. The second-order valence-corrected chi connectivity index (χ2v) is 5.54. The molecule has 3 heteroatoms. The molecule has 0 fully saturated rings. The third-order valence-electron chi connectivity index (χ3n) is 3.62. The van der Waals surface area contributed by atoms with Crippen molar-refractivity contribution in [2.45, 2.75) is 32.2 Å². The predicted molar refractivity (Wildman–Crippen MR) is 81.4 cm³/mol. The van der Waals surface area contributed by atoms with Gasteiger partial charge in [0.1, 0.15) is 0 Å². The van der Waals surface area contributed by atoms with Crippen molar-refractivity contribution in [2.24, 2.45) is 0 Å². The summed E-state index contributed by atoms with van der Waals surface area (Å²) in [6.45, 7) is 7.29. The van der Waals surface area contributed by atoms with E-state index in [1.165, 1.54) is 5.56 Å². The number of nitrogens with zero attached hydrogens (tertiary/aromatic N) is 1. The van der Waals surface area contributed by atoms with Gasteiger partial charge in [0.25, 0.3) is 0 Å². The summed E-state index contributed by atoms with van der Waals surface area (Å²) < 4.78 is 0. The molecule has 1 unspecified atom stereocenters. The van der Waals surface area contributed by atoms with E-state index in [-0.39, 0.29) is 12.1 Å². The van der Waals surface area contributed by atoms with Crippen molar-refractivity contribution < 1.29 is 5.11 Å². The molecule has 1 aromatic rings. The van der Waals surface area contributed by atoms with E-state index in [0.29, 0.717) is 0 Å². The van der Waals surface area contributed by atoms with E-state index in [1.54, 1.807) is 0 Å². The molecule has 0 heterocycles. The Bertz CT molecular complexity index is 342. The van der Waals surface area contributed by atoms with Crippen molar-refractivity contribution in [3.63, 3.8) is 0 Å². The highest BCUT2D eigenvalue weighted by Gasteiger charge is 2.21. The highest BCUT2D eigenvalue weighted by Crippen LogP contribution is 2.09. The Balaban J connectivity index is 2.29. The van der Waals surface area contributed by atoms with Crippen LogP contribution in [0.5, 0.6) is 0 Å². The standard InChI is InChI=1S/C16H28N2O/c1-4-17-16(2,14-19)11-13-18(3)12-10-15-8-6-5-7-9-15/h5-9,17,19H,4,10-14H2,1-3H3.